The molecule has 0 aliphatic carbocycles. The van der Waals surface area contributed by atoms with Gasteiger partial charge in [-0.3, -0.25) is 14.8 Å². The lowest BCUT2D eigenvalue weighted by molar-refractivity contribution is -0.139. The number of thioether (sulfide) groups is 1. The van der Waals surface area contributed by atoms with Crippen LogP contribution in [0.4, 0.5) is 17.6 Å². The molecule has 9 heteroatoms. The van der Waals surface area contributed by atoms with Gasteiger partial charge in [-0.2, -0.15) is 13.2 Å². The third-order valence-corrected chi connectivity index (χ3v) is 4.96. The van der Waals surface area contributed by atoms with E-state index in [1.807, 2.05) is 0 Å². The van der Waals surface area contributed by atoms with Gasteiger partial charge in [-0.15, -0.1) is 11.8 Å². The van der Waals surface area contributed by atoms with E-state index in [0.29, 0.717) is 17.5 Å². The molecular formula is C16H13F4N3OS. The SMILES string of the molecule is Cc1cnc(CN2C(=O)CSC2c2cc(F)ccc2C(F)(F)F)cn1. The molecule has 1 atom stereocenters. The highest BCUT2D eigenvalue weighted by Gasteiger charge is 2.40. The average molecular weight is 371 g/mol. The van der Waals surface area contributed by atoms with Crippen molar-refractivity contribution in [3.8, 4) is 0 Å². The molecule has 1 saturated heterocycles. The van der Waals surface area contributed by atoms with Crippen LogP contribution in [0.2, 0.25) is 0 Å². The van der Waals surface area contributed by atoms with Gasteiger partial charge in [0.05, 0.1) is 35.4 Å². The summed E-state index contributed by atoms with van der Waals surface area (Å²) < 4.78 is 53.4. The van der Waals surface area contributed by atoms with Crippen LogP contribution in [0.1, 0.15) is 27.9 Å². The van der Waals surface area contributed by atoms with Crippen LogP contribution in [-0.2, 0) is 17.5 Å². The summed E-state index contributed by atoms with van der Waals surface area (Å²) in [5.74, 6) is -1.08. The number of nitrogens with zero attached hydrogens (tertiary/aromatic N) is 3. The van der Waals surface area contributed by atoms with Crippen LogP contribution in [0, 0.1) is 12.7 Å². The summed E-state index contributed by atoms with van der Waals surface area (Å²) in [6, 6.07) is 2.31. The van der Waals surface area contributed by atoms with Crippen LogP contribution in [-0.4, -0.2) is 26.5 Å². The van der Waals surface area contributed by atoms with Crippen molar-refractivity contribution in [1.29, 1.82) is 0 Å². The number of hydrogen-bond acceptors (Lipinski definition) is 4. The summed E-state index contributed by atoms with van der Waals surface area (Å²) in [7, 11) is 0. The first-order chi connectivity index (χ1) is 11.8. The van der Waals surface area contributed by atoms with E-state index in [1.54, 1.807) is 6.92 Å². The minimum atomic E-state index is -4.63. The minimum Gasteiger partial charge on any atom is -0.320 e. The normalized spacial score (nSPS) is 18.0. The van der Waals surface area contributed by atoms with E-state index in [4.69, 9.17) is 0 Å². The predicted octanol–water partition coefficient (Wildman–Crippen LogP) is 3.72. The second-order valence-corrected chi connectivity index (χ2v) is 6.63. The highest BCUT2D eigenvalue weighted by molar-refractivity contribution is 8.00. The maximum absolute atomic E-state index is 13.6. The Balaban J connectivity index is 1.97. The minimum absolute atomic E-state index is 0.0115. The average Bonchev–Trinajstić information content (AvgIpc) is 2.89. The Hall–Kier alpha value is -2.16. The summed E-state index contributed by atoms with van der Waals surface area (Å²) in [5, 5.41) is -0.928. The van der Waals surface area contributed by atoms with Crippen molar-refractivity contribution in [2.24, 2.45) is 0 Å². The van der Waals surface area contributed by atoms with Crippen LogP contribution >= 0.6 is 11.8 Å². The van der Waals surface area contributed by atoms with Crippen molar-refractivity contribution < 1.29 is 22.4 Å². The Bertz CT molecular complexity index is 795. The molecule has 4 nitrogen and oxygen atoms in total. The fourth-order valence-corrected chi connectivity index (χ4v) is 3.77. The molecule has 1 fully saturated rings. The number of amides is 1. The predicted molar refractivity (Wildman–Crippen MR) is 83.9 cm³/mol. The van der Waals surface area contributed by atoms with Gasteiger partial charge in [-0.25, -0.2) is 4.39 Å². The Labute approximate surface area is 145 Å². The Morgan fingerprint density at radius 1 is 1.28 bits per heavy atom. The second kappa shape index (κ2) is 6.62. The van der Waals surface area contributed by atoms with Crippen LogP contribution in [0.3, 0.4) is 0 Å². The summed E-state index contributed by atoms with van der Waals surface area (Å²) in [5.41, 5.74) is -0.0622. The number of carbonyl (C=O) groups excluding carboxylic acids is 1. The number of benzene rings is 1. The second-order valence-electron chi connectivity index (χ2n) is 5.56. The third kappa shape index (κ3) is 3.76. The number of aromatic nitrogens is 2. The molecule has 0 spiro atoms. The van der Waals surface area contributed by atoms with Gasteiger partial charge in [-0.1, -0.05) is 0 Å². The molecular weight excluding hydrogens is 358 g/mol. The molecule has 1 aliphatic rings. The summed E-state index contributed by atoms with van der Waals surface area (Å²) in [4.78, 5) is 21.6. The largest absolute Gasteiger partial charge is 0.416 e. The number of halogens is 4. The van der Waals surface area contributed by atoms with Gasteiger partial charge in [-0.05, 0) is 30.7 Å². The third-order valence-electron chi connectivity index (χ3n) is 3.72. The quantitative estimate of drug-likeness (QED) is 0.772. The van der Waals surface area contributed by atoms with E-state index in [2.05, 4.69) is 9.97 Å². The first-order valence-electron chi connectivity index (χ1n) is 7.31. The van der Waals surface area contributed by atoms with Crippen LogP contribution < -0.4 is 0 Å². The van der Waals surface area contributed by atoms with E-state index in [1.165, 1.54) is 17.3 Å². The lowest BCUT2D eigenvalue weighted by atomic mass is 10.1. The van der Waals surface area contributed by atoms with E-state index in [-0.39, 0.29) is 23.8 Å². The highest BCUT2D eigenvalue weighted by atomic mass is 32.2. The lowest BCUT2D eigenvalue weighted by Crippen LogP contribution is -2.29. The van der Waals surface area contributed by atoms with Crippen molar-refractivity contribution in [1.82, 2.24) is 14.9 Å². The monoisotopic (exact) mass is 371 g/mol. The zero-order chi connectivity index (χ0) is 18.2. The van der Waals surface area contributed by atoms with E-state index in [0.717, 1.165) is 23.9 Å². The van der Waals surface area contributed by atoms with E-state index in [9.17, 15) is 22.4 Å². The van der Waals surface area contributed by atoms with Crippen molar-refractivity contribution in [3.63, 3.8) is 0 Å². The number of alkyl halides is 3. The Morgan fingerprint density at radius 3 is 2.68 bits per heavy atom. The molecule has 1 unspecified atom stereocenters. The molecule has 0 N–H and O–H groups in total. The van der Waals surface area contributed by atoms with Crippen LogP contribution in [0.25, 0.3) is 0 Å². The zero-order valence-corrected chi connectivity index (χ0v) is 13.9. The molecule has 3 rings (SSSR count). The Morgan fingerprint density at radius 2 is 2.04 bits per heavy atom. The number of aryl methyl sites for hydroxylation is 1. The van der Waals surface area contributed by atoms with Gasteiger partial charge < -0.3 is 4.90 Å². The molecule has 1 aromatic carbocycles. The number of rotatable bonds is 3. The van der Waals surface area contributed by atoms with Crippen molar-refractivity contribution in [2.45, 2.75) is 25.0 Å². The molecule has 0 saturated carbocycles. The van der Waals surface area contributed by atoms with Crippen molar-refractivity contribution in [2.75, 3.05) is 5.75 Å². The zero-order valence-electron chi connectivity index (χ0n) is 13.0. The number of carbonyl (C=O) groups is 1. The van der Waals surface area contributed by atoms with E-state index >= 15 is 0 Å². The van der Waals surface area contributed by atoms with Gasteiger partial charge in [0.25, 0.3) is 0 Å². The van der Waals surface area contributed by atoms with Gasteiger partial charge in [0.15, 0.2) is 0 Å². The summed E-state index contributed by atoms with van der Waals surface area (Å²) in [6.07, 6.45) is -1.65. The standard InChI is InChI=1S/C16H13F4N3OS/c1-9-5-22-11(6-21-9)7-23-14(24)8-25-15(23)12-4-10(17)2-3-13(12)16(18,19)20/h2-6,15H,7-8H2,1H3. The fourth-order valence-electron chi connectivity index (χ4n) is 2.55. The van der Waals surface area contributed by atoms with E-state index < -0.39 is 22.9 Å². The lowest BCUT2D eigenvalue weighted by Gasteiger charge is -2.26. The molecule has 1 aliphatic heterocycles. The molecule has 0 bridgehead atoms. The molecule has 0 radical (unpaired) electrons. The van der Waals surface area contributed by atoms with Crippen LogP contribution in [0.15, 0.2) is 30.6 Å². The van der Waals surface area contributed by atoms with Gasteiger partial charge in [0.2, 0.25) is 5.91 Å². The molecule has 25 heavy (non-hydrogen) atoms. The van der Waals surface area contributed by atoms with Crippen molar-refractivity contribution >= 4 is 17.7 Å². The van der Waals surface area contributed by atoms with Gasteiger partial charge in [0, 0.05) is 6.20 Å². The maximum Gasteiger partial charge on any atom is 0.416 e. The molecule has 2 heterocycles. The molecule has 1 aromatic heterocycles. The first kappa shape index (κ1) is 17.7. The first-order valence-corrected chi connectivity index (χ1v) is 8.36. The molecule has 2 aromatic rings. The summed E-state index contributed by atoms with van der Waals surface area (Å²) >= 11 is 1.03. The molecule has 132 valence electrons. The summed E-state index contributed by atoms with van der Waals surface area (Å²) in [6.45, 7) is 1.76. The van der Waals surface area contributed by atoms with Gasteiger partial charge >= 0.3 is 6.18 Å². The smallest absolute Gasteiger partial charge is 0.320 e. The van der Waals surface area contributed by atoms with Gasteiger partial charge in [0.1, 0.15) is 11.2 Å². The molecule has 1 amide bonds. The highest BCUT2D eigenvalue weighted by Crippen LogP contribution is 2.44. The fraction of sp³-hybridized carbons (Fsp3) is 0.312. The van der Waals surface area contributed by atoms with Crippen molar-refractivity contribution in [3.05, 3.63) is 58.9 Å². The Kier molecular flexibility index (Phi) is 4.68. The topological polar surface area (TPSA) is 46.1 Å². The van der Waals surface area contributed by atoms with Crippen LogP contribution in [0.5, 0.6) is 0 Å². The maximum atomic E-state index is 13.6. The number of hydrogen-bond donors (Lipinski definition) is 0.